The molecule has 1 aromatic rings. The molecule has 8 heteroatoms. The third kappa shape index (κ3) is 6.01. The Kier molecular flexibility index (Phi) is 7.60. The molecule has 158 valence electrons. The van der Waals surface area contributed by atoms with Gasteiger partial charge in [-0.25, -0.2) is 0 Å². The fraction of sp³-hybridized carbons (Fsp3) is 0.571. The van der Waals surface area contributed by atoms with Crippen molar-refractivity contribution in [1.29, 1.82) is 0 Å². The topological polar surface area (TPSA) is 120 Å². The Labute approximate surface area is 170 Å². The van der Waals surface area contributed by atoms with E-state index in [-0.39, 0.29) is 36.7 Å². The maximum absolute atomic E-state index is 12.7. The summed E-state index contributed by atoms with van der Waals surface area (Å²) >= 11 is 0. The number of nitrogens with one attached hydrogen (secondary N) is 4. The average Bonchev–Trinajstić information content (AvgIpc) is 3.16. The van der Waals surface area contributed by atoms with Crippen LogP contribution < -0.4 is 21.3 Å². The first kappa shape index (κ1) is 21.3. The van der Waals surface area contributed by atoms with Gasteiger partial charge in [-0.1, -0.05) is 36.8 Å². The van der Waals surface area contributed by atoms with Crippen LogP contribution in [0.2, 0.25) is 0 Å². The first-order chi connectivity index (χ1) is 14.0. The number of amides is 3. The van der Waals surface area contributed by atoms with Crippen LogP contribution in [0, 0.1) is 5.92 Å². The second-order valence-corrected chi connectivity index (χ2v) is 7.78. The molecule has 1 aromatic carbocycles. The molecule has 1 unspecified atom stereocenters. The van der Waals surface area contributed by atoms with Gasteiger partial charge < -0.3 is 26.4 Å². The third-order valence-corrected chi connectivity index (χ3v) is 5.62. The summed E-state index contributed by atoms with van der Waals surface area (Å²) in [5, 5.41) is 22.1. The summed E-state index contributed by atoms with van der Waals surface area (Å²) in [7, 11) is 0. The predicted octanol–water partition coefficient (Wildman–Crippen LogP) is -0.183. The number of carbonyl (C=O) groups excluding carboxylic acids is 3. The molecule has 3 amide bonds. The number of hydrogen-bond acceptors (Lipinski definition) is 5. The van der Waals surface area contributed by atoms with E-state index in [1.807, 2.05) is 30.3 Å². The predicted molar refractivity (Wildman–Crippen MR) is 108 cm³/mol. The van der Waals surface area contributed by atoms with Crippen molar-refractivity contribution in [2.24, 2.45) is 5.92 Å². The minimum absolute atomic E-state index is 0.100. The van der Waals surface area contributed by atoms with Gasteiger partial charge in [0.2, 0.25) is 11.8 Å². The van der Waals surface area contributed by atoms with Crippen LogP contribution in [0.15, 0.2) is 30.3 Å². The van der Waals surface area contributed by atoms with Gasteiger partial charge in [0.25, 0.3) is 5.91 Å². The van der Waals surface area contributed by atoms with Gasteiger partial charge in [-0.15, -0.1) is 0 Å². The Morgan fingerprint density at radius 2 is 1.93 bits per heavy atom. The Morgan fingerprint density at radius 1 is 1.14 bits per heavy atom. The largest absolute Gasteiger partial charge is 0.381 e. The third-order valence-electron chi connectivity index (χ3n) is 5.62. The van der Waals surface area contributed by atoms with E-state index < -0.39 is 18.1 Å². The number of benzene rings is 1. The molecule has 3 rings (SSSR count). The molecule has 2 heterocycles. The lowest BCUT2D eigenvalue weighted by atomic mass is 9.93. The Hall–Kier alpha value is -2.45. The molecule has 29 heavy (non-hydrogen) atoms. The van der Waals surface area contributed by atoms with Crippen LogP contribution in [0.4, 0.5) is 0 Å². The van der Waals surface area contributed by atoms with E-state index in [1.165, 1.54) is 0 Å². The first-order valence-corrected chi connectivity index (χ1v) is 10.4. The van der Waals surface area contributed by atoms with Crippen LogP contribution in [0.5, 0.6) is 0 Å². The van der Waals surface area contributed by atoms with Crippen molar-refractivity contribution in [2.75, 3.05) is 13.1 Å². The molecule has 2 saturated heterocycles. The molecule has 0 aromatic heterocycles. The standard InChI is InChI=1S/C21H30N4O4/c26-18(21(29)24-13-14-6-2-1-3-7-14)17(12-15-9-11-23-19(15)27)25-20(28)16-8-4-5-10-22-16/h1-3,6-7,15-18,22,26H,4-5,8-13H2,(H,23,27)(H,24,29)(H,25,28)/t15-,16-,17-,18?/m0/s1. The zero-order valence-electron chi connectivity index (χ0n) is 16.5. The number of carbonyl (C=O) groups is 3. The summed E-state index contributed by atoms with van der Waals surface area (Å²) in [4.78, 5) is 37.2. The average molecular weight is 402 g/mol. The van der Waals surface area contributed by atoms with E-state index in [9.17, 15) is 19.5 Å². The highest BCUT2D eigenvalue weighted by Crippen LogP contribution is 2.19. The van der Waals surface area contributed by atoms with Gasteiger partial charge in [0.1, 0.15) is 0 Å². The number of aliphatic hydroxyl groups excluding tert-OH is 1. The van der Waals surface area contributed by atoms with Gasteiger partial charge in [-0.2, -0.15) is 0 Å². The van der Waals surface area contributed by atoms with Crippen molar-refractivity contribution < 1.29 is 19.5 Å². The van der Waals surface area contributed by atoms with E-state index >= 15 is 0 Å². The number of aliphatic hydroxyl groups is 1. The lowest BCUT2D eigenvalue weighted by Crippen LogP contribution is -2.56. The fourth-order valence-electron chi connectivity index (χ4n) is 3.87. The summed E-state index contributed by atoms with van der Waals surface area (Å²) in [5.74, 6) is -1.22. The minimum Gasteiger partial charge on any atom is -0.381 e. The van der Waals surface area contributed by atoms with E-state index in [0.717, 1.165) is 31.4 Å². The van der Waals surface area contributed by atoms with E-state index in [2.05, 4.69) is 21.3 Å². The quantitative estimate of drug-likeness (QED) is 0.413. The number of piperidine rings is 1. The van der Waals surface area contributed by atoms with Crippen LogP contribution in [-0.4, -0.2) is 54.1 Å². The second-order valence-electron chi connectivity index (χ2n) is 7.78. The fourth-order valence-corrected chi connectivity index (χ4v) is 3.87. The van der Waals surface area contributed by atoms with Gasteiger partial charge in [0, 0.05) is 19.0 Å². The molecule has 0 radical (unpaired) electrons. The van der Waals surface area contributed by atoms with Crippen LogP contribution in [-0.2, 0) is 20.9 Å². The monoisotopic (exact) mass is 402 g/mol. The molecular formula is C21H30N4O4. The van der Waals surface area contributed by atoms with Crippen LogP contribution in [0.1, 0.15) is 37.7 Å². The number of rotatable bonds is 8. The van der Waals surface area contributed by atoms with Crippen LogP contribution in [0.25, 0.3) is 0 Å². The Balaban J connectivity index is 1.62. The molecule has 0 aliphatic carbocycles. The highest BCUT2D eigenvalue weighted by atomic mass is 16.3. The number of hydrogen-bond donors (Lipinski definition) is 5. The normalized spacial score (nSPS) is 23.7. The summed E-state index contributed by atoms with van der Waals surface area (Å²) in [5.41, 5.74) is 0.912. The van der Waals surface area contributed by atoms with Crippen molar-refractivity contribution in [1.82, 2.24) is 21.3 Å². The second kappa shape index (κ2) is 10.4. The summed E-state index contributed by atoms with van der Waals surface area (Å²) in [6.45, 7) is 1.63. The molecule has 2 fully saturated rings. The summed E-state index contributed by atoms with van der Waals surface area (Å²) in [6, 6.07) is 8.23. The van der Waals surface area contributed by atoms with Crippen molar-refractivity contribution in [3.8, 4) is 0 Å². The van der Waals surface area contributed by atoms with Crippen molar-refractivity contribution in [3.63, 3.8) is 0 Å². The molecule has 5 N–H and O–H groups in total. The molecule has 0 saturated carbocycles. The first-order valence-electron chi connectivity index (χ1n) is 10.4. The van der Waals surface area contributed by atoms with Gasteiger partial charge >= 0.3 is 0 Å². The smallest absolute Gasteiger partial charge is 0.251 e. The molecular weight excluding hydrogens is 372 g/mol. The van der Waals surface area contributed by atoms with Crippen molar-refractivity contribution in [2.45, 2.75) is 56.8 Å². The summed E-state index contributed by atoms with van der Waals surface area (Å²) < 4.78 is 0. The Morgan fingerprint density at radius 3 is 2.59 bits per heavy atom. The van der Waals surface area contributed by atoms with Crippen LogP contribution >= 0.6 is 0 Å². The molecule has 0 bridgehead atoms. The SMILES string of the molecule is O=C(NCc1ccccc1)C(O)[C@H](C[C@@H]1CCNC1=O)NC(=O)[C@@H]1CCCCN1. The highest BCUT2D eigenvalue weighted by Gasteiger charge is 2.35. The van der Waals surface area contributed by atoms with E-state index in [0.29, 0.717) is 13.0 Å². The van der Waals surface area contributed by atoms with Gasteiger partial charge in [-0.3, -0.25) is 14.4 Å². The lowest BCUT2D eigenvalue weighted by molar-refractivity contribution is -0.134. The van der Waals surface area contributed by atoms with Crippen molar-refractivity contribution >= 4 is 17.7 Å². The van der Waals surface area contributed by atoms with Gasteiger partial charge in [0.05, 0.1) is 12.1 Å². The minimum atomic E-state index is -1.43. The van der Waals surface area contributed by atoms with Crippen LogP contribution in [0.3, 0.4) is 0 Å². The molecule has 8 nitrogen and oxygen atoms in total. The van der Waals surface area contributed by atoms with Crippen molar-refractivity contribution in [3.05, 3.63) is 35.9 Å². The maximum Gasteiger partial charge on any atom is 0.251 e. The highest BCUT2D eigenvalue weighted by molar-refractivity contribution is 5.86. The zero-order valence-corrected chi connectivity index (χ0v) is 16.5. The maximum atomic E-state index is 12.7. The van der Waals surface area contributed by atoms with E-state index in [1.54, 1.807) is 0 Å². The molecule has 4 atom stereocenters. The molecule has 0 spiro atoms. The zero-order chi connectivity index (χ0) is 20.6. The molecule has 2 aliphatic rings. The molecule has 2 aliphatic heterocycles. The van der Waals surface area contributed by atoms with Gasteiger partial charge in [0.15, 0.2) is 6.10 Å². The lowest BCUT2D eigenvalue weighted by Gasteiger charge is -2.29. The Bertz CT molecular complexity index is 706. The van der Waals surface area contributed by atoms with Gasteiger partial charge in [-0.05, 0) is 37.8 Å². The van der Waals surface area contributed by atoms with E-state index in [4.69, 9.17) is 0 Å². The summed E-state index contributed by atoms with van der Waals surface area (Å²) in [6.07, 6.45) is 2.13.